The Bertz CT molecular complexity index is 529. The molecule has 0 aromatic heterocycles. The number of ether oxygens (including phenoxy) is 1. The number of hydrogen-bond acceptors (Lipinski definition) is 3. The number of esters is 1. The van der Waals surface area contributed by atoms with Gasteiger partial charge in [0.05, 0.1) is 5.56 Å². The maximum absolute atomic E-state index is 12.0. The van der Waals surface area contributed by atoms with E-state index < -0.39 is 5.97 Å². The summed E-state index contributed by atoms with van der Waals surface area (Å²) in [5, 5.41) is 3.00. The second-order valence-corrected chi connectivity index (χ2v) is 7.27. The monoisotopic (exact) mass is 415 g/mol. The highest BCUT2D eigenvalue weighted by molar-refractivity contribution is 14.1. The summed E-state index contributed by atoms with van der Waals surface area (Å²) in [4.78, 5) is 23.8. The maximum Gasteiger partial charge on any atom is 0.338 e. The van der Waals surface area contributed by atoms with Crippen LogP contribution < -0.4 is 5.32 Å². The standard InChI is InChI=1S/C17H22INO3/c1-11-4-3-5-15(12(11)2)19-16(20)10-22-17(21)13-6-8-14(18)9-7-13/h6-9,11-12,15H,3-5,10H2,1-2H3,(H,19,20)/t11-,12-,15+/m0/s1. The van der Waals surface area contributed by atoms with Crippen molar-refractivity contribution >= 4 is 34.5 Å². The number of carbonyl (C=O) groups is 2. The van der Waals surface area contributed by atoms with Crippen LogP contribution >= 0.6 is 22.6 Å². The van der Waals surface area contributed by atoms with Gasteiger partial charge in [0.15, 0.2) is 6.61 Å². The molecule has 120 valence electrons. The average molecular weight is 415 g/mol. The molecule has 1 aliphatic carbocycles. The van der Waals surface area contributed by atoms with Crippen LogP contribution in [-0.4, -0.2) is 24.5 Å². The molecule has 0 unspecified atom stereocenters. The van der Waals surface area contributed by atoms with Crippen molar-refractivity contribution in [2.24, 2.45) is 11.8 Å². The highest BCUT2D eigenvalue weighted by Crippen LogP contribution is 2.29. The van der Waals surface area contributed by atoms with E-state index in [-0.39, 0.29) is 18.6 Å². The lowest BCUT2D eigenvalue weighted by Gasteiger charge is -2.34. The fourth-order valence-corrected chi connectivity index (χ4v) is 3.19. The van der Waals surface area contributed by atoms with Gasteiger partial charge >= 0.3 is 5.97 Å². The van der Waals surface area contributed by atoms with E-state index >= 15 is 0 Å². The minimum absolute atomic E-state index is 0.188. The maximum atomic E-state index is 12.0. The summed E-state index contributed by atoms with van der Waals surface area (Å²) in [6, 6.07) is 7.26. The van der Waals surface area contributed by atoms with Crippen molar-refractivity contribution in [2.75, 3.05) is 6.61 Å². The van der Waals surface area contributed by atoms with Gasteiger partial charge in [-0.3, -0.25) is 4.79 Å². The minimum Gasteiger partial charge on any atom is -0.452 e. The van der Waals surface area contributed by atoms with Crippen molar-refractivity contribution in [2.45, 2.75) is 39.2 Å². The van der Waals surface area contributed by atoms with Crippen molar-refractivity contribution in [1.82, 2.24) is 5.32 Å². The molecule has 3 atom stereocenters. The van der Waals surface area contributed by atoms with Crippen LogP contribution in [0.25, 0.3) is 0 Å². The molecule has 1 aromatic rings. The predicted octanol–water partition coefficient (Wildman–Crippen LogP) is 3.39. The van der Waals surface area contributed by atoms with Gasteiger partial charge in [0.25, 0.3) is 5.91 Å². The van der Waals surface area contributed by atoms with Crippen molar-refractivity contribution in [3.63, 3.8) is 0 Å². The highest BCUT2D eigenvalue weighted by Gasteiger charge is 2.28. The number of benzene rings is 1. The molecule has 5 heteroatoms. The lowest BCUT2D eigenvalue weighted by Crippen LogP contribution is -2.45. The van der Waals surface area contributed by atoms with Crippen LogP contribution in [0.5, 0.6) is 0 Å². The second kappa shape index (κ2) is 7.94. The molecule has 4 nitrogen and oxygen atoms in total. The third-order valence-corrected chi connectivity index (χ3v) is 5.19. The van der Waals surface area contributed by atoms with Gasteiger partial charge in [0.2, 0.25) is 0 Å². The summed E-state index contributed by atoms with van der Waals surface area (Å²) < 4.78 is 6.13. The average Bonchev–Trinajstić information content (AvgIpc) is 2.50. The number of halogens is 1. The lowest BCUT2D eigenvalue weighted by atomic mass is 9.78. The quantitative estimate of drug-likeness (QED) is 0.606. The summed E-state index contributed by atoms with van der Waals surface area (Å²) in [5.41, 5.74) is 0.466. The molecule has 0 aliphatic heterocycles. The molecule has 1 aromatic carbocycles. The van der Waals surface area contributed by atoms with Crippen LogP contribution in [0.15, 0.2) is 24.3 Å². The zero-order valence-corrected chi connectivity index (χ0v) is 15.1. The van der Waals surface area contributed by atoms with E-state index in [0.717, 1.165) is 16.4 Å². The third kappa shape index (κ3) is 4.69. The van der Waals surface area contributed by atoms with Crippen LogP contribution in [0.3, 0.4) is 0 Å². The topological polar surface area (TPSA) is 55.4 Å². The van der Waals surface area contributed by atoms with Crippen LogP contribution in [0.4, 0.5) is 0 Å². The predicted molar refractivity (Wildman–Crippen MR) is 93.6 cm³/mol. The molecule has 2 rings (SSSR count). The Balaban J connectivity index is 1.80. The first-order chi connectivity index (χ1) is 10.5. The van der Waals surface area contributed by atoms with Gasteiger partial charge in [0.1, 0.15) is 0 Å². The Morgan fingerprint density at radius 3 is 2.59 bits per heavy atom. The SMILES string of the molecule is C[C@H]1[C@@H](C)CCC[C@H]1NC(=O)COC(=O)c1ccc(I)cc1. The van der Waals surface area contributed by atoms with E-state index in [4.69, 9.17) is 4.74 Å². The first-order valence-corrected chi connectivity index (χ1v) is 8.77. The Morgan fingerprint density at radius 2 is 1.91 bits per heavy atom. The normalized spacial score (nSPS) is 24.6. The van der Waals surface area contributed by atoms with Crippen molar-refractivity contribution in [1.29, 1.82) is 0 Å². The first-order valence-electron chi connectivity index (χ1n) is 7.69. The van der Waals surface area contributed by atoms with Gasteiger partial charge in [-0.15, -0.1) is 0 Å². The summed E-state index contributed by atoms with van der Waals surface area (Å²) >= 11 is 2.17. The molecule has 0 spiro atoms. The van der Waals surface area contributed by atoms with Crippen LogP contribution in [-0.2, 0) is 9.53 Å². The number of nitrogens with one attached hydrogen (secondary N) is 1. The fourth-order valence-electron chi connectivity index (χ4n) is 2.83. The lowest BCUT2D eigenvalue weighted by molar-refractivity contribution is -0.125. The Kier molecular flexibility index (Phi) is 6.23. The molecule has 1 aliphatic rings. The summed E-state index contributed by atoms with van der Waals surface area (Å²) in [5.74, 6) is 0.402. The van der Waals surface area contributed by atoms with Crippen molar-refractivity contribution in [3.8, 4) is 0 Å². The molecule has 1 fully saturated rings. The Hall–Kier alpha value is -1.11. The molecule has 1 saturated carbocycles. The number of carbonyl (C=O) groups excluding carboxylic acids is 2. The van der Waals surface area contributed by atoms with Gasteiger partial charge in [0, 0.05) is 9.61 Å². The van der Waals surface area contributed by atoms with Gasteiger partial charge in [-0.25, -0.2) is 4.79 Å². The summed E-state index contributed by atoms with van der Waals surface area (Å²) in [6.07, 6.45) is 3.36. The first kappa shape index (κ1) is 17.2. The van der Waals surface area contributed by atoms with Crippen LogP contribution in [0.1, 0.15) is 43.5 Å². The minimum atomic E-state index is -0.461. The molecular weight excluding hydrogens is 393 g/mol. The molecular formula is C17H22INO3. The summed E-state index contributed by atoms with van der Waals surface area (Å²) in [6.45, 7) is 4.18. The number of amides is 1. The molecule has 0 saturated heterocycles. The van der Waals surface area contributed by atoms with E-state index in [1.165, 1.54) is 6.42 Å². The molecule has 0 heterocycles. The molecule has 22 heavy (non-hydrogen) atoms. The molecule has 1 amide bonds. The largest absolute Gasteiger partial charge is 0.452 e. The van der Waals surface area contributed by atoms with Crippen LogP contribution in [0, 0.1) is 15.4 Å². The Labute approximate surface area is 145 Å². The molecule has 1 N–H and O–H groups in total. The van der Waals surface area contributed by atoms with E-state index in [9.17, 15) is 9.59 Å². The van der Waals surface area contributed by atoms with E-state index in [1.54, 1.807) is 12.1 Å². The Morgan fingerprint density at radius 1 is 1.23 bits per heavy atom. The highest BCUT2D eigenvalue weighted by atomic mass is 127. The van der Waals surface area contributed by atoms with E-state index in [0.29, 0.717) is 17.4 Å². The van der Waals surface area contributed by atoms with Crippen LogP contribution in [0.2, 0.25) is 0 Å². The van der Waals surface area contributed by atoms with E-state index in [1.807, 2.05) is 12.1 Å². The zero-order chi connectivity index (χ0) is 16.1. The van der Waals surface area contributed by atoms with Crippen molar-refractivity contribution < 1.29 is 14.3 Å². The summed E-state index contributed by atoms with van der Waals surface area (Å²) in [7, 11) is 0. The second-order valence-electron chi connectivity index (χ2n) is 6.02. The molecule has 0 bridgehead atoms. The fraction of sp³-hybridized carbons (Fsp3) is 0.529. The van der Waals surface area contributed by atoms with Gasteiger partial charge in [-0.1, -0.05) is 26.7 Å². The molecule has 0 radical (unpaired) electrons. The number of rotatable bonds is 4. The number of hydrogen-bond donors (Lipinski definition) is 1. The van der Waals surface area contributed by atoms with Gasteiger partial charge in [-0.2, -0.15) is 0 Å². The zero-order valence-electron chi connectivity index (χ0n) is 13.0. The van der Waals surface area contributed by atoms with E-state index in [2.05, 4.69) is 41.8 Å². The van der Waals surface area contributed by atoms with Crippen molar-refractivity contribution in [3.05, 3.63) is 33.4 Å². The third-order valence-electron chi connectivity index (χ3n) is 4.47. The van der Waals surface area contributed by atoms with Gasteiger partial charge < -0.3 is 10.1 Å². The smallest absolute Gasteiger partial charge is 0.338 e. The van der Waals surface area contributed by atoms with Gasteiger partial charge in [-0.05, 0) is 65.1 Å².